The monoisotopic (exact) mass is 282 g/mol. The number of aliphatic carboxylic acids is 1. The fourth-order valence-electron chi connectivity index (χ4n) is 1.03. The van der Waals surface area contributed by atoms with E-state index in [9.17, 15) is 13.6 Å². The number of ether oxygens (including phenoxy) is 1. The van der Waals surface area contributed by atoms with Crippen LogP contribution >= 0.6 is 23.2 Å². The Hall–Kier alpha value is -1.33. The lowest BCUT2D eigenvalue weighted by atomic mass is 10.2. The molecule has 0 saturated heterocycles. The molecule has 0 aromatic heterocycles. The fourth-order valence-corrected chi connectivity index (χ4v) is 1.56. The highest BCUT2D eigenvalue weighted by atomic mass is 35.5. The van der Waals surface area contributed by atoms with Gasteiger partial charge in [-0.3, -0.25) is 0 Å². The maximum Gasteiger partial charge on any atom is 0.387 e. The van der Waals surface area contributed by atoms with Crippen molar-refractivity contribution >= 4 is 35.2 Å². The molecule has 0 unspecified atom stereocenters. The van der Waals surface area contributed by atoms with Crippen LogP contribution in [0.5, 0.6) is 5.75 Å². The lowest BCUT2D eigenvalue weighted by Crippen LogP contribution is -2.03. The second-order valence-electron chi connectivity index (χ2n) is 2.83. The van der Waals surface area contributed by atoms with Crippen molar-refractivity contribution in [3.05, 3.63) is 33.8 Å². The first-order valence-electron chi connectivity index (χ1n) is 4.25. The third kappa shape index (κ3) is 3.87. The minimum Gasteiger partial charge on any atom is -0.478 e. The van der Waals surface area contributed by atoms with Gasteiger partial charge in [0.1, 0.15) is 0 Å². The van der Waals surface area contributed by atoms with Gasteiger partial charge in [0.2, 0.25) is 0 Å². The van der Waals surface area contributed by atoms with E-state index in [2.05, 4.69) is 4.74 Å². The average Bonchev–Trinajstić information content (AvgIpc) is 2.22. The highest BCUT2D eigenvalue weighted by Gasteiger charge is 2.15. The molecule has 1 aromatic carbocycles. The summed E-state index contributed by atoms with van der Waals surface area (Å²) in [5, 5.41) is 8.18. The molecule has 1 rings (SSSR count). The van der Waals surface area contributed by atoms with Crippen molar-refractivity contribution in [2.24, 2.45) is 0 Å². The van der Waals surface area contributed by atoms with E-state index in [1.54, 1.807) is 0 Å². The zero-order valence-electron chi connectivity index (χ0n) is 8.16. The number of carboxylic acids is 1. The van der Waals surface area contributed by atoms with Gasteiger partial charge in [-0.15, -0.1) is 0 Å². The second-order valence-corrected chi connectivity index (χ2v) is 3.61. The summed E-state index contributed by atoms with van der Waals surface area (Å²) in [6, 6.07) is 2.68. The Morgan fingerprint density at radius 2 is 2.06 bits per heavy atom. The molecule has 0 radical (unpaired) electrons. The molecule has 17 heavy (non-hydrogen) atoms. The third-order valence-corrected chi connectivity index (χ3v) is 2.38. The first kappa shape index (κ1) is 13.7. The molecular weight excluding hydrogens is 277 g/mol. The van der Waals surface area contributed by atoms with Crippen LogP contribution in [0.25, 0.3) is 6.08 Å². The van der Waals surface area contributed by atoms with Crippen molar-refractivity contribution < 1.29 is 23.4 Å². The van der Waals surface area contributed by atoms with E-state index in [0.717, 1.165) is 12.2 Å². The molecule has 0 aliphatic rings. The van der Waals surface area contributed by atoms with Gasteiger partial charge < -0.3 is 9.84 Å². The molecule has 1 N–H and O–H groups in total. The maximum atomic E-state index is 12.1. The smallest absolute Gasteiger partial charge is 0.387 e. The van der Waals surface area contributed by atoms with E-state index in [1.807, 2.05) is 0 Å². The molecule has 0 spiro atoms. The number of hydrogen-bond acceptors (Lipinski definition) is 2. The first-order chi connectivity index (χ1) is 7.91. The topological polar surface area (TPSA) is 46.5 Å². The van der Waals surface area contributed by atoms with Crippen LogP contribution in [-0.4, -0.2) is 17.7 Å². The van der Waals surface area contributed by atoms with Crippen LogP contribution in [0.4, 0.5) is 8.78 Å². The van der Waals surface area contributed by atoms with Gasteiger partial charge in [0.05, 0.1) is 10.0 Å². The van der Waals surface area contributed by atoms with Crippen LogP contribution in [0.3, 0.4) is 0 Å². The molecule has 0 bridgehead atoms. The van der Waals surface area contributed by atoms with Gasteiger partial charge in [-0.05, 0) is 17.7 Å². The quantitative estimate of drug-likeness (QED) is 0.857. The minimum absolute atomic E-state index is 0.0808. The zero-order valence-corrected chi connectivity index (χ0v) is 9.67. The molecule has 0 heterocycles. The van der Waals surface area contributed by atoms with Crippen molar-refractivity contribution in [2.45, 2.75) is 6.61 Å². The van der Waals surface area contributed by atoms with Crippen molar-refractivity contribution in [3.8, 4) is 5.75 Å². The number of alkyl halides is 2. The van der Waals surface area contributed by atoms with Gasteiger partial charge in [-0.25, -0.2) is 4.79 Å². The van der Waals surface area contributed by atoms with Crippen LogP contribution in [-0.2, 0) is 4.79 Å². The Morgan fingerprint density at radius 3 is 2.59 bits per heavy atom. The largest absolute Gasteiger partial charge is 0.478 e. The molecule has 0 saturated carbocycles. The lowest BCUT2D eigenvalue weighted by molar-refractivity contribution is -0.131. The Labute approximate surface area is 105 Å². The van der Waals surface area contributed by atoms with Crippen molar-refractivity contribution in [3.63, 3.8) is 0 Å². The van der Waals surface area contributed by atoms with Crippen LogP contribution in [0, 0.1) is 0 Å². The molecule has 92 valence electrons. The summed E-state index contributed by atoms with van der Waals surface area (Å²) in [6.07, 6.45) is 1.97. The van der Waals surface area contributed by atoms with E-state index < -0.39 is 12.6 Å². The van der Waals surface area contributed by atoms with Gasteiger partial charge in [-0.1, -0.05) is 29.3 Å². The number of carboxylic acid groups (broad SMARTS) is 1. The third-order valence-electron chi connectivity index (χ3n) is 1.69. The van der Waals surface area contributed by atoms with Gasteiger partial charge in [-0.2, -0.15) is 8.78 Å². The molecule has 7 heteroatoms. The Morgan fingerprint density at radius 1 is 1.41 bits per heavy atom. The predicted octanol–water partition coefficient (Wildman–Crippen LogP) is 3.69. The molecule has 3 nitrogen and oxygen atoms in total. The molecule has 1 aromatic rings. The minimum atomic E-state index is -3.07. The average molecular weight is 283 g/mol. The van der Waals surface area contributed by atoms with Crippen molar-refractivity contribution in [1.29, 1.82) is 0 Å². The maximum absolute atomic E-state index is 12.1. The van der Waals surface area contributed by atoms with Crippen LogP contribution in [0.15, 0.2) is 18.2 Å². The van der Waals surface area contributed by atoms with Gasteiger partial charge in [0.15, 0.2) is 5.75 Å². The van der Waals surface area contributed by atoms with Crippen molar-refractivity contribution in [2.75, 3.05) is 0 Å². The summed E-state index contributed by atoms with van der Waals surface area (Å²) >= 11 is 11.4. The second kappa shape index (κ2) is 5.84. The normalized spacial score (nSPS) is 11.1. The summed E-state index contributed by atoms with van der Waals surface area (Å²) in [7, 11) is 0. The molecule has 0 amide bonds. The van der Waals surface area contributed by atoms with E-state index in [0.29, 0.717) is 0 Å². The Balaban J connectivity index is 3.14. The predicted molar refractivity (Wildman–Crippen MR) is 59.8 cm³/mol. The summed E-state index contributed by atoms with van der Waals surface area (Å²) < 4.78 is 28.3. The molecule has 0 atom stereocenters. The summed E-state index contributed by atoms with van der Waals surface area (Å²) in [6.45, 7) is -3.07. The SMILES string of the molecule is O=C(O)/C=C/c1ccc(Cl)c(OC(F)F)c1Cl. The van der Waals surface area contributed by atoms with Gasteiger partial charge in [0, 0.05) is 6.08 Å². The van der Waals surface area contributed by atoms with Crippen LogP contribution < -0.4 is 4.74 Å². The molecular formula is C10H6Cl2F2O3. The van der Waals surface area contributed by atoms with E-state index in [4.69, 9.17) is 28.3 Å². The number of halogens is 4. The molecule has 0 aliphatic carbocycles. The number of rotatable bonds is 4. The summed E-state index contributed by atoms with van der Waals surface area (Å²) in [5.41, 5.74) is 0.217. The fraction of sp³-hybridized carbons (Fsp3) is 0.100. The van der Waals surface area contributed by atoms with E-state index >= 15 is 0 Å². The van der Waals surface area contributed by atoms with Gasteiger partial charge in [0.25, 0.3) is 0 Å². The molecule has 0 fully saturated rings. The zero-order chi connectivity index (χ0) is 13.0. The van der Waals surface area contributed by atoms with E-state index in [1.165, 1.54) is 12.1 Å². The number of carbonyl (C=O) groups is 1. The Bertz CT molecular complexity index is 461. The highest BCUT2D eigenvalue weighted by molar-refractivity contribution is 6.38. The Kier molecular flexibility index (Phi) is 4.72. The van der Waals surface area contributed by atoms with Crippen LogP contribution in [0.2, 0.25) is 10.0 Å². The summed E-state index contributed by atoms with van der Waals surface area (Å²) in [4.78, 5) is 10.3. The van der Waals surface area contributed by atoms with E-state index in [-0.39, 0.29) is 21.4 Å². The number of benzene rings is 1. The lowest BCUT2D eigenvalue weighted by Gasteiger charge is -2.10. The van der Waals surface area contributed by atoms with Gasteiger partial charge >= 0.3 is 12.6 Å². The molecule has 0 aliphatic heterocycles. The first-order valence-corrected chi connectivity index (χ1v) is 5.01. The highest BCUT2D eigenvalue weighted by Crippen LogP contribution is 2.37. The summed E-state index contributed by atoms with van der Waals surface area (Å²) in [5.74, 6) is -1.57. The number of hydrogen-bond donors (Lipinski definition) is 1. The standard InChI is InChI=1S/C10H6Cl2F2O3/c11-6-3-1-5(2-4-7(15)16)8(12)9(6)17-10(13)14/h1-4,10H,(H,15,16)/b4-2+. The van der Waals surface area contributed by atoms with Crippen molar-refractivity contribution in [1.82, 2.24) is 0 Å². The van der Waals surface area contributed by atoms with Crippen LogP contribution in [0.1, 0.15) is 5.56 Å².